The van der Waals surface area contributed by atoms with Crippen LogP contribution in [0.4, 0.5) is 0 Å². The molecule has 0 spiro atoms. The minimum absolute atomic E-state index is 0.0955. The highest BCUT2D eigenvalue weighted by Gasteiger charge is 2.09. The van der Waals surface area contributed by atoms with Crippen LogP contribution >= 0.6 is 0 Å². The van der Waals surface area contributed by atoms with Gasteiger partial charge in [-0.3, -0.25) is 9.59 Å². The van der Waals surface area contributed by atoms with Crippen LogP contribution in [-0.4, -0.2) is 24.5 Å². The van der Waals surface area contributed by atoms with Crippen LogP contribution in [-0.2, 0) is 6.42 Å². The quantitative estimate of drug-likeness (QED) is 0.758. The third kappa shape index (κ3) is 3.30. The number of nitrogens with one attached hydrogen (secondary N) is 2. The molecule has 1 amide bonds. The zero-order valence-corrected chi connectivity index (χ0v) is 13.3. The van der Waals surface area contributed by atoms with E-state index in [0.29, 0.717) is 29.8 Å². The number of carbonyl (C=O) groups is 1. The number of H-pyrrole nitrogens is 1. The van der Waals surface area contributed by atoms with Crippen LogP contribution in [0.3, 0.4) is 0 Å². The van der Waals surface area contributed by atoms with E-state index in [1.54, 1.807) is 25.3 Å². The molecule has 0 radical (unpaired) electrons. The lowest BCUT2D eigenvalue weighted by Gasteiger charge is -2.11. The molecule has 3 aromatic rings. The Bertz CT molecular complexity index is 917. The molecule has 0 saturated heterocycles. The van der Waals surface area contributed by atoms with Gasteiger partial charge in [0.2, 0.25) is 5.56 Å². The van der Waals surface area contributed by atoms with E-state index >= 15 is 0 Å². The van der Waals surface area contributed by atoms with Gasteiger partial charge in [0.1, 0.15) is 5.75 Å². The fourth-order valence-electron chi connectivity index (χ4n) is 2.68. The van der Waals surface area contributed by atoms with Crippen molar-refractivity contribution in [3.05, 3.63) is 76.1 Å². The van der Waals surface area contributed by atoms with Crippen molar-refractivity contribution >= 4 is 16.8 Å². The van der Waals surface area contributed by atoms with E-state index in [9.17, 15) is 9.59 Å². The molecule has 0 atom stereocenters. The Hall–Kier alpha value is -3.08. The predicted molar refractivity (Wildman–Crippen MR) is 93.6 cm³/mol. The summed E-state index contributed by atoms with van der Waals surface area (Å²) in [4.78, 5) is 26.4. The van der Waals surface area contributed by atoms with Crippen molar-refractivity contribution in [1.82, 2.24) is 10.3 Å². The largest absolute Gasteiger partial charge is 0.495 e. The van der Waals surface area contributed by atoms with Crippen molar-refractivity contribution in [2.75, 3.05) is 13.7 Å². The Morgan fingerprint density at radius 2 is 1.88 bits per heavy atom. The third-order valence-electron chi connectivity index (χ3n) is 3.88. The number of hydrogen-bond donors (Lipinski definition) is 2. The Kier molecular flexibility index (Phi) is 4.61. The molecule has 0 aliphatic carbocycles. The number of fused-ring (bicyclic) bond motifs is 1. The zero-order valence-electron chi connectivity index (χ0n) is 13.3. The van der Waals surface area contributed by atoms with Crippen molar-refractivity contribution in [2.24, 2.45) is 0 Å². The number of hydrogen-bond acceptors (Lipinski definition) is 3. The van der Waals surface area contributed by atoms with Gasteiger partial charge in [-0.05, 0) is 36.2 Å². The molecular formula is C19H18N2O3. The van der Waals surface area contributed by atoms with Crippen LogP contribution in [0.2, 0.25) is 0 Å². The van der Waals surface area contributed by atoms with E-state index in [1.165, 1.54) is 6.07 Å². The maximum absolute atomic E-state index is 12.1. The highest BCUT2D eigenvalue weighted by molar-refractivity contribution is 5.94. The third-order valence-corrected chi connectivity index (χ3v) is 3.88. The molecule has 2 aromatic carbocycles. The van der Waals surface area contributed by atoms with Gasteiger partial charge in [-0.25, -0.2) is 0 Å². The molecule has 0 fully saturated rings. The zero-order chi connectivity index (χ0) is 16.9. The highest BCUT2D eigenvalue weighted by atomic mass is 16.5. The van der Waals surface area contributed by atoms with Crippen LogP contribution < -0.4 is 15.6 Å². The lowest BCUT2D eigenvalue weighted by Crippen LogP contribution is -2.25. The fraction of sp³-hybridized carbons (Fsp3) is 0.158. The average molecular weight is 322 g/mol. The van der Waals surface area contributed by atoms with Crippen molar-refractivity contribution in [3.8, 4) is 5.75 Å². The topological polar surface area (TPSA) is 71.2 Å². The second-order valence-corrected chi connectivity index (χ2v) is 5.41. The second-order valence-electron chi connectivity index (χ2n) is 5.41. The maximum Gasteiger partial charge on any atom is 0.251 e. The number of aromatic nitrogens is 1. The Balaban J connectivity index is 1.76. The van der Waals surface area contributed by atoms with Gasteiger partial charge in [0.15, 0.2) is 0 Å². The lowest BCUT2D eigenvalue weighted by atomic mass is 10.0. The summed E-state index contributed by atoms with van der Waals surface area (Å²) in [7, 11) is 1.57. The van der Waals surface area contributed by atoms with Crippen molar-refractivity contribution in [2.45, 2.75) is 6.42 Å². The number of carbonyl (C=O) groups excluding carboxylic acids is 1. The van der Waals surface area contributed by atoms with Gasteiger partial charge in [0.25, 0.3) is 5.91 Å². The van der Waals surface area contributed by atoms with Crippen LogP contribution in [0.5, 0.6) is 5.75 Å². The summed E-state index contributed by atoms with van der Waals surface area (Å²) in [5.74, 6) is 0.529. The molecule has 1 aromatic heterocycles. The SMILES string of the molecule is COc1ccc(CCNC(=O)c2ccccc2)c2ccc(=O)[nH]c12. The molecule has 24 heavy (non-hydrogen) atoms. The number of rotatable bonds is 5. The van der Waals surface area contributed by atoms with E-state index in [-0.39, 0.29) is 11.5 Å². The number of pyridine rings is 1. The van der Waals surface area contributed by atoms with Crippen molar-refractivity contribution < 1.29 is 9.53 Å². The van der Waals surface area contributed by atoms with Crippen LogP contribution in [0.1, 0.15) is 15.9 Å². The highest BCUT2D eigenvalue weighted by Crippen LogP contribution is 2.25. The van der Waals surface area contributed by atoms with Crippen molar-refractivity contribution in [1.29, 1.82) is 0 Å². The first kappa shape index (κ1) is 15.8. The predicted octanol–water partition coefficient (Wildman–Crippen LogP) is 2.51. The molecule has 0 bridgehead atoms. The first-order valence-corrected chi connectivity index (χ1v) is 7.71. The average Bonchev–Trinajstić information content (AvgIpc) is 2.62. The first-order valence-electron chi connectivity index (χ1n) is 7.71. The number of methoxy groups -OCH3 is 1. The molecule has 2 N–H and O–H groups in total. The minimum Gasteiger partial charge on any atom is -0.495 e. The standard InChI is InChI=1S/C19H18N2O3/c1-24-16-9-7-13(15-8-10-17(22)21-18(15)16)11-12-20-19(23)14-5-3-2-4-6-14/h2-10H,11-12H2,1H3,(H,20,23)(H,21,22). The summed E-state index contributed by atoms with van der Waals surface area (Å²) in [6.07, 6.45) is 0.658. The van der Waals surface area contributed by atoms with Crippen molar-refractivity contribution in [3.63, 3.8) is 0 Å². The van der Waals surface area contributed by atoms with Gasteiger partial charge in [-0.2, -0.15) is 0 Å². The van der Waals surface area contributed by atoms with Gasteiger partial charge in [0.05, 0.1) is 12.6 Å². The van der Waals surface area contributed by atoms with E-state index < -0.39 is 0 Å². The second kappa shape index (κ2) is 7.00. The lowest BCUT2D eigenvalue weighted by molar-refractivity contribution is 0.0954. The summed E-state index contributed by atoms with van der Waals surface area (Å²) in [6.45, 7) is 0.508. The Labute approximate surface area is 139 Å². The fourth-order valence-corrected chi connectivity index (χ4v) is 2.68. The minimum atomic E-state index is -0.171. The van der Waals surface area contributed by atoms with Crippen LogP contribution in [0.25, 0.3) is 10.9 Å². The molecule has 122 valence electrons. The van der Waals surface area contributed by atoms with Gasteiger partial charge < -0.3 is 15.0 Å². The number of amides is 1. The van der Waals surface area contributed by atoms with Gasteiger partial charge in [-0.15, -0.1) is 0 Å². The van der Waals surface area contributed by atoms with E-state index in [2.05, 4.69) is 10.3 Å². The normalized spacial score (nSPS) is 10.5. The van der Waals surface area contributed by atoms with E-state index in [1.807, 2.05) is 30.3 Å². The molecule has 0 aliphatic rings. The summed E-state index contributed by atoms with van der Waals surface area (Å²) in [5, 5.41) is 3.83. The van der Waals surface area contributed by atoms with Gasteiger partial charge >= 0.3 is 0 Å². The maximum atomic E-state index is 12.1. The summed E-state index contributed by atoms with van der Waals surface area (Å²) in [5.41, 5.74) is 2.18. The summed E-state index contributed by atoms with van der Waals surface area (Å²) < 4.78 is 5.30. The van der Waals surface area contributed by atoms with E-state index in [0.717, 1.165) is 10.9 Å². The van der Waals surface area contributed by atoms with Gasteiger partial charge in [-0.1, -0.05) is 24.3 Å². The molecule has 0 unspecified atom stereocenters. The van der Waals surface area contributed by atoms with E-state index in [4.69, 9.17) is 4.74 Å². The smallest absolute Gasteiger partial charge is 0.251 e. The summed E-state index contributed by atoms with van der Waals surface area (Å²) in [6, 6.07) is 16.2. The first-order chi connectivity index (χ1) is 11.7. The molecule has 0 saturated carbocycles. The Morgan fingerprint density at radius 3 is 2.62 bits per heavy atom. The number of benzene rings is 2. The van der Waals surface area contributed by atoms with Gasteiger partial charge in [0, 0.05) is 23.6 Å². The molecule has 5 heteroatoms. The molecule has 0 aliphatic heterocycles. The molecule has 5 nitrogen and oxygen atoms in total. The molecular weight excluding hydrogens is 304 g/mol. The Morgan fingerprint density at radius 1 is 1.08 bits per heavy atom. The van der Waals surface area contributed by atoms with Crippen LogP contribution in [0, 0.1) is 0 Å². The summed E-state index contributed by atoms with van der Waals surface area (Å²) >= 11 is 0. The molecule has 3 rings (SSSR count). The number of aromatic amines is 1. The molecule has 1 heterocycles. The van der Waals surface area contributed by atoms with Crippen LogP contribution in [0.15, 0.2) is 59.4 Å². The monoisotopic (exact) mass is 322 g/mol. The number of ether oxygens (including phenoxy) is 1.